The topological polar surface area (TPSA) is 49.8 Å². The molecule has 2 N–H and O–H groups in total. The van der Waals surface area contributed by atoms with Gasteiger partial charge in [0.1, 0.15) is 11.4 Å². The Bertz CT molecular complexity index is 869. The van der Waals surface area contributed by atoms with E-state index in [0.717, 1.165) is 9.77 Å². The molecular formula is C17H12F3IN4. The second-order valence-corrected chi connectivity index (χ2v) is 6.21. The highest BCUT2D eigenvalue weighted by molar-refractivity contribution is 14.1. The zero-order valence-electron chi connectivity index (χ0n) is 12.7. The van der Waals surface area contributed by atoms with Gasteiger partial charge < -0.3 is 10.6 Å². The Morgan fingerprint density at radius 1 is 0.880 bits per heavy atom. The van der Waals surface area contributed by atoms with Gasteiger partial charge in [-0.05, 0) is 46.9 Å². The summed E-state index contributed by atoms with van der Waals surface area (Å²) < 4.78 is 40.6. The Kier molecular flexibility index (Phi) is 5.07. The molecule has 0 spiro atoms. The second kappa shape index (κ2) is 7.26. The third-order valence-corrected chi connectivity index (χ3v) is 4.19. The molecule has 0 aliphatic rings. The molecule has 4 nitrogen and oxygen atoms in total. The summed E-state index contributed by atoms with van der Waals surface area (Å²) in [5, 5.41) is 5.65. The number of benzene rings is 2. The van der Waals surface area contributed by atoms with Crippen LogP contribution in [0.4, 0.5) is 36.3 Å². The van der Waals surface area contributed by atoms with Crippen molar-refractivity contribution in [3.05, 3.63) is 69.9 Å². The fourth-order valence-electron chi connectivity index (χ4n) is 2.09. The van der Waals surface area contributed by atoms with Crippen molar-refractivity contribution in [2.45, 2.75) is 6.18 Å². The lowest BCUT2D eigenvalue weighted by Crippen LogP contribution is -2.13. The van der Waals surface area contributed by atoms with E-state index in [1.54, 1.807) is 48.5 Å². The molecule has 0 saturated carbocycles. The average molecular weight is 456 g/mol. The minimum Gasteiger partial charge on any atom is -0.339 e. The molecule has 0 fully saturated rings. The molecule has 0 aliphatic heterocycles. The summed E-state index contributed by atoms with van der Waals surface area (Å²) in [4.78, 5) is 7.80. The van der Waals surface area contributed by atoms with Gasteiger partial charge in [0.05, 0.1) is 5.69 Å². The first-order chi connectivity index (χ1) is 11.9. The maximum atomic E-state index is 13.3. The van der Waals surface area contributed by atoms with Crippen LogP contribution in [0.5, 0.6) is 0 Å². The zero-order valence-corrected chi connectivity index (χ0v) is 14.8. The minimum atomic E-state index is -4.56. The summed E-state index contributed by atoms with van der Waals surface area (Å²) in [6, 6.07) is 16.0. The number of anilines is 4. The van der Waals surface area contributed by atoms with Gasteiger partial charge in [-0.3, -0.25) is 0 Å². The number of nitrogens with zero attached hydrogens (tertiary/aromatic N) is 2. The highest BCUT2D eigenvalue weighted by atomic mass is 127. The van der Waals surface area contributed by atoms with Gasteiger partial charge in [-0.2, -0.15) is 18.2 Å². The number of nitrogens with one attached hydrogen (secondary N) is 2. The van der Waals surface area contributed by atoms with Gasteiger partial charge in [-0.15, -0.1) is 0 Å². The number of rotatable bonds is 4. The summed E-state index contributed by atoms with van der Waals surface area (Å²) in [5.74, 6) is -0.224. The summed E-state index contributed by atoms with van der Waals surface area (Å²) in [7, 11) is 0. The maximum absolute atomic E-state index is 13.3. The molecule has 0 aliphatic carbocycles. The van der Waals surface area contributed by atoms with E-state index in [1.807, 2.05) is 28.7 Å². The van der Waals surface area contributed by atoms with E-state index in [9.17, 15) is 13.2 Å². The number of halogens is 4. The Morgan fingerprint density at radius 2 is 1.56 bits per heavy atom. The average Bonchev–Trinajstić information content (AvgIpc) is 2.57. The van der Waals surface area contributed by atoms with Gasteiger partial charge in [0, 0.05) is 15.5 Å². The third kappa shape index (κ3) is 4.38. The molecular weight excluding hydrogens is 444 g/mol. The molecule has 0 bridgehead atoms. The Morgan fingerprint density at radius 3 is 2.24 bits per heavy atom. The van der Waals surface area contributed by atoms with Gasteiger partial charge in [-0.25, -0.2) is 4.98 Å². The van der Waals surface area contributed by atoms with Crippen molar-refractivity contribution in [3.63, 3.8) is 0 Å². The van der Waals surface area contributed by atoms with Crippen LogP contribution in [-0.4, -0.2) is 9.97 Å². The zero-order chi connectivity index (χ0) is 17.9. The lowest BCUT2D eigenvalue weighted by atomic mass is 10.2. The maximum Gasteiger partial charge on any atom is 0.421 e. The highest BCUT2D eigenvalue weighted by Gasteiger charge is 2.35. The predicted molar refractivity (Wildman–Crippen MR) is 99.2 cm³/mol. The van der Waals surface area contributed by atoms with E-state index in [2.05, 4.69) is 20.6 Å². The standard InChI is InChI=1S/C17H12F3IN4/c18-17(19,20)12-10-22-16(23-11-6-2-1-3-7-11)25-15(12)24-14-9-5-4-8-13(14)21/h1-10H,(H2,22,23,24,25). The molecule has 128 valence electrons. The van der Waals surface area contributed by atoms with Crippen LogP contribution in [0.1, 0.15) is 5.56 Å². The van der Waals surface area contributed by atoms with E-state index >= 15 is 0 Å². The van der Waals surface area contributed by atoms with Gasteiger partial charge >= 0.3 is 6.18 Å². The van der Waals surface area contributed by atoms with Crippen molar-refractivity contribution < 1.29 is 13.2 Å². The van der Waals surface area contributed by atoms with Crippen LogP contribution in [0.25, 0.3) is 0 Å². The van der Waals surface area contributed by atoms with Crippen LogP contribution in [-0.2, 0) is 6.18 Å². The lowest BCUT2D eigenvalue weighted by Gasteiger charge is -2.15. The quantitative estimate of drug-likeness (QED) is 0.503. The molecule has 2 aromatic carbocycles. The van der Waals surface area contributed by atoms with Gasteiger partial charge in [0.25, 0.3) is 0 Å². The summed E-state index contributed by atoms with van der Waals surface area (Å²) in [6.45, 7) is 0. The van der Waals surface area contributed by atoms with E-state index in [0.29, 0.717) is 11.4 Å². The first-order valence-electron chi connectivity index (χ1n) is 7.21. The summed E-state index contributed by atoms with van der Waals surface area (Å²) in [6.07, 6.45) is -3.79. The van der Waals surface area contributed by atoms with Crippen LogP contribution in [0.3, 0.4) is 0 Å². The van der Waals surface area contributed by atoms with Crippen molar-refractivity contribution in [1.82, 2.24) is 9.97 Å². The monoisotopic (exact) mass is 456 g/mol. The van der Waals surface area contributed by atoms with Crippen molar-refractivity contribution in [3.8, 4) is 0 Å². The van der Waals surface area contributed by atoms with Gasteiger partial charge in [0.15, 0.2) is 0 Å². The molecule has 3 aromatic rings. The molecule has 0 atom stereocenters. The van der Waals surface area contributed by atoms with Crippen molar-refractivity contribution >= 4 is 45.7 Å². The Labute approximate surface area is 155 Å². The lowest BCUT2D eigenvalue weighted by molar-refractivity contribution is -0.137. The number of hydrogen-bond acceptors (Lipinski definition) is 4. The first kappa shape index (κ1) is 17.5. The molecule has 0 saturated heterocycles. The fourth-order valence-corrected chi connectivity index (χ4v) is 2.61. The summed E-state index contributed by atoms with van der Waals surface area (Å²) in [5.41, 5.74) is 0.297. The van der Waals surface area contributed by atoms with Crippen LogP contribution in [0, 0.1) is 3.57 Å². The number of alkyl halides is 3. The normalized spacial score (nSPS) is 11.2. The largest absolute Gasteiger partial charge is 0.421 e. The molecule has 0 unspecified atom stereocenters. The second-order valence-electron chi connectivity index (χ2n) is 5.05. The van der Waals surface area contributed by atoms with E-state index in [4.69, 9.17) is 0 Å². The van der Waals surface area contributed by atoms with Crippen molar-refractivity contribution in [2.75, 3.05) is 10.6 Å². The number of aromatic nitrogens is 2. The summed E-state index contributed by atoms with van der Waals surface area (Å²) >= 11 is 2.04. The highest BCUT2D eigenvalue weighted by Crippen LogP contribution is 2.35. The van der Waals surface area contributed by atoms with Crippen molar-refractivity contribution in [1.29, 1.82) is 0 Å². The minimum absolute atomic E-state index is 0.0765. The predicted octanol–water partition coefficient (Wildman–Crippen LogP) is 5.59. The molecule has 1 aromatic heterocycles. The van der Waals surface area contributed by atoms with Crippen LogP contribution in [0.15, 0.2) is 60.8 Å². The molecule has 0 radical (unpaired) electrons. The van der Waals surface area contributed by atoms with Gasteiger partial charge in [0.2, 0.25) is 5.95 Å². The van der Waals surface area contributed by atoms with E-state index < -0.39 is 11.7 Å². The third-order valence-electron chi connectivity index (χ3n) is 3.25. The Balaban J connectivity index is 1.97. The molecule has 8 heteroatoms. The molecule has 3 rings (SSSR count). The Hall–Kier alpha value is -2.36. The fraction of sp³-hybridized carbons (Fsp3) is 0.0588. The molecule has 1 heterocycles. The first-order valence-corrected chi connectivity index (χ1v) is 8.29. The van der Waals surface area contributed by atoms with Gasteiger partial charge in [-0.1, -0.05) is 30.3 Å². The van der Waals surface area contributed by atoms with Crippen LogP contribution >= 0.6 is 22.6 Å². The smallest absolute Gasteiger partial charge is 0.339 e. The SMILES string of the molecule is FC(F)(F)c1cnc(Nc2ccccc2)nc1Nc1ccccc1I. The van der Waals surface area contributed by atoms with Crippen LogP contribution < -0.4 is 10.6 Å². The van der Waals surface area contributed by atoms with E-state index in [1.165, 1.54) is 0 Å². The molecule has 25 heavy (non-hydrogen) atoms. The number of para-hydroxylation sites is 2. The number of hydrogen-bond donors (Lipinski definition) is 2. The van der Waals surface area contributed by atoms with Crippen LogP contribution in [0.2, 0.25) is 0 Å². The van der Waals surface area contributed by atoms with Crippen molar-refractivity contribution in [2.24, 2.45) is 0 Å². The molecule has 0 amide bonds. The van der Waals surface area contributed by atoms with E-state index in [-0.39, 0.29) is 11.8 Å².